The fraction of sp³-hybridized carbons (Fsp3) is 0.308. The van der Waals surface area contributed by atoms with E-state index in [9.17, 15) is 9.90 Å². The fourth-order valence-corrected chi connectivity index (χ4v) is 1.93. The molecule has 2 aromatic rings. The number of nitrogens with one attached hydrogen (secondary N) is 1. The van der Waals surface area contributed by atoms with Crippen LogP contribution in [0.4, 0.5) is 0 Å². The SMILES string of the molecule is Cc1c[nH]c2c(C(C)(C)C(=O)O)cccc12. The third-order valence-corrected chi connectivity index (χ3v) is 3.13. The minimum absolute atomic E-state index is 0.813. The van der Waals surface area contributed by atoms with Crippen LogP contribution in [0.1, 0.15) is 25.0 Å². The van der Waals surface area contributed by atoms with Gasteiger partial charge in [0, 0.05) is 11.6 Å². The van der Waals surface area contributed by atoms with Crippen molar-refractivity contribution in [3.05, 3.63) is 35.5 Å². The average Bonchev–Trinajstić information content (AvgIpc) is 2.60. The van der Waals surface area contributed by atoms with Gasteiger partial charge in [0.15, 0.2) is 0 Å². The first-order valence-corrected chi connectivity index (χ1v) is 5.25. The summed E-state index contributed by atoms with van der Waals surface area (Å²) in [4.78, 5) is 14.4. The Labute approximate surface area is 94.1 Å². The molecule has 3 heteroatoms. The molecule has 0 unspecified atom stereocenters. The number of rotatable bonds is 2. The van der Waals surface area contributed by atoms with Crippen LogP contribution in [0.2, 0.25) is 0 Å². The van der Waals surface area contributed by atoms with Crippen molar-refractivity contribution in [1.29, 1.82) is 0 Å². The predicted octanol–water partition coefficient (Wildman–Crippen LogP) is 2.84. The van der Waals surface area contributed by atoms with Gasteiger partial charge in [-0.1, -0.05) is 18.2 Å². The van der Waals surface area contributed by atoms with Gasteiger partial charge in [-0.3, -0.25) is 4.79 Å². The van der Waals surface area contributed by atoms with Gasteiger partial charge in [0.1, 0.15) is 0 Å². The highest BCUT2D eigenvalue weighted by atomic mass is 16.4. The third kappa shape index (κ3) is 1.40. The number of aryl methyl sites for hydroxylation is 1. The summed E-state index contributed by atoms with van der Waals surface area (Å²) in [5.74, 6) is -0.813. The molecule has 0 aliphatic rings. The van der Waals surface area contributed by atoms with Crippen LogP contribution in [0, 0.1) is 6.92 Å². The molecule has 2 N–H and O–H groups in total. The van der Waals surface area contributed by atoms with Gasteiger partial charge in [0.2, 0.25) is 0 Å². The molecule has 0 spiro atoms. The molecule has 0 saturated carbocycles. The lowest BCUT2D eigenvalue weighted by Gasteiger charge is -2.20. The summed E-state index contributed by atoms with van der Waals surface area (Å²) >= 11 is 0. The van der Waals surface area contributed by atoms with Crippen molar-refractivity contribution in [2.24, 2.45) is 0 Å². The number of fused-ring (bicyclic) bond motifs is 1. The van der Waals surface area contributed by atoms with Crippen molar-refractivity contribution < 1.29 is 9.90 Å². The molecule has 1 aromatic heterocycles. The Kier molecular flexibility index (Phi) is 2.26. The molecule has 2 rings (SSSR count). The number of aromatic amines is 1. The minimum Gasteiger partial charge on any atom is -0.481 e. The van der Waals surface area contributed by atoms with Gasteiger partial charge in [-0.2, -0.15) is 0 Å². The zero-order valence-electron chi connectivity index (χ0n) is 9.66. The van der Waals surface area contributed by atoms with Crippen LogP contribution in [0.25, 0.3) is 10.9 Å². The molecule has 1 heterocycles. The van der Waals surface area contributed by atoms with E-state index in [-0.39, 0.29) is 0 Å². The number of aliphatic carboxylic acids is 1. The number of carbonyl (C=O) groups is 1. The van der Waals surface area contributed by atoms with Crippen molar-refractivity contribution in [2.75, 3.05) is 0 Å². The molecule has 0 atom stereocenters. The first kappa shape index (κ1) is 10.7. The zero-order chi connectivity index (χ0) is 11.9. The standard InChI is InChI=1S/C13H15NO2/c1-8-7-14-11-9(8)5-4-6-10(11)13(2,3)12(15)16/h4-7,14H,1-3H3,(H,15,16). The van der Waals surface area contributed by atoms with Crippen molar-refractivity contribution in [3.8, 4) is 0 Å². The van der Waals surface area contributed by atoms with Crippen LogP contribution in [-0.4, -0.2) is 16.1 Å². The van der Waals surface area contributed by atoms with Crippen LogP contribution in [-0.2, 0) is 10.2 Å². The summed E-state index contributed by atoms with van der Waals surface area (Å²) in [5, 5.41) is 10.3. The highest BCUT2D eigenvalue weighted by Gasteiger charge is 2.31. The van der Waals surface area contributed by atoms with Gasteiger partial charge >= 0.3 is 5.97 Å². The first-order chi connectivity index (χ1) is 7.44. The summed E-state index contributed by atoms with van der Waals surface area (Å²) in [6.07, 6.45) is 1.91. The molecule has 0 aliphatic carbocycles. The lowest BCUT2D eigenvalue weighted by atomic mass is 9.83. The number of H-pyrrole nitrogens is 1. The minimum atomic E-state index is -0.878. The predicted molar refractivity (Wildman–Crippen MR) is 63.7 cm³/mol. The normalized spacial score (nSPS) is 11.9. The van der Waals surface area contributed by atoms with E-state index in [0.717, 1.165) is 22.0 Å². The molecule has 0 bridgehead atoms. The quantitative estimate of drug-likeness (QED) is 0.812. The largest absolute Gasteiger partial charge is 0.481 e. The smallest absolute Gasteiger partial charge is 0.313 e. The fourth-order valence-electron chi connectivity index (χ4n) is 1.93. The molecule has 3 nitrogen and oxygen atoms in total. The number of hydrogen-bond acceptors (Lipinski definition) is 1. The number of aromatic nitrogens is 1. The topological polar surface area (TPSA) is 53.1 Å². The van der Waals surface area contributed by atoms with Gasteiger partial charge in [-0.15, -0.1) is 0 Å². The molecule has 1 aromatic carbocycles. The number of carboxylic acids is 1. The van der Waals surface area contributed by atoms with Gasteiger partial charge in [0.25, 0.3) is 0 Å². The van der Waals surface area contributed by atoms with E-state index in [1.54, 1.807) is 13.8 Å². The van der Waals surface area contributed by atoms with E-state index in [1.807, 2.05) is 31.3 Å². The summed E-state index contributed by atoms with van der Waals surface area (Å²) in [6.45, 7) is 5.46. The first-order valence-electron chi connectivity index (χ1n) is 5.25. The van der Waals surface area contributed by atoms with Crippen LogP contribution >= 0.6 is 0 Å². The van der Waals surface area contributed by atoms with E-state index in [1.165, 1.54) is 0 Å². The lowest BCUT2D eigenvalue weighted by Crippen LogP contribution is -2.28. The summed E-state index contributed by atoms with van der Waals surface area (Å²) in [7, 11) is 0. The molecule has 0 saturated heterocycles. The monoisotopic (exact) mass is 217 g/mol. The maximum atomic E-state index is 11.3. The van der Waals surface area contributed by atoms with Gasteiger partial charge < -0.3 is 10.1 Å². The second-order valence-electron chi connectivity index (χ2n) is 4.63. The van der Waals surface area contributed by atoms with Crippen LogP contribution in [0.5, 0.6) is 0 Å². The maximum Gasteiger partial charge on any atom is 0.313 e. The Hall–Kier alpha value is -1.77. The molecular formula is C13H15NO2. The second-order valence-corrected chi connectivity index (χ2v) is 4.63. The number of hydrogen-bond donors (Lipinski definition) is 2. The van der Waals surface area contributed by atoms with E-state index in [0.29, 0.717) is 0 Å². The van der Waals surface area contributed by atoms with Crippen LogP contribution in [0.3, 0.4) is 0 Å². The maximum absolute atomic E-state index is 11.3. The highest BCUT2D eigenvalue weighted by molar-refractivity contribution is 5.92. The molecule has 16 heavy (non-hydrogen) atoms. The van der Waals surface area contributed by atoms with Gasteiger partial charge in [-0.05, 0) is 31.9 Å². The van der Waals surface area contributed by atoms with Crippen molar-refractivity contribution in [1.82, 2.24) is 4.98 Å². The molecular weight excluding hydrogens is 202 g/mol. The van der Waals surface area contributed by atoms with Gasteiger partial charge in [-0.25, -0.2) is 0 Å². The van der Waals surface area contributed by atoms with Crippen LogP contribution in [0.15, 0.2) is 24.4 Å². The van der Waals surface area contributed by atoms with Crippen molar-refractivity contribution in [2.45, 2.75) is 26.2 Å². The number of carboxylic acid groups (broad SMARTS) is 1. The molecule has 0 aliphatic heterocycles. The summed E-state index contributed by atoms with van der Waals surface area (Å²) in [6, 6.07) is 5.78. The van der Waals surface area contributed by atoms with E-state index in [2.05, 4.69) is 4.98 Å². The average molecular weight is 217 g/mol. The lowest BCUT2D eigenvalue weighted by molar-refractivity contribution is -0.142. The summed E-state index contributed by atoms with van der Waals surface area (Å²) in [5.41, 5.74) is 2.01. The molecule has 0 radical (unpaired) electrons. The second kappa shape index (κ2) is 3.37. The van der Waals surface area contributed by atoms with E-state index in [4.69, 9.17) is 0 Å². The van der Waals surface area contributed by atoms with Crippen LogP contribution < -0.4 is 0 Å². The Bertz CT molecular complexity index is 552. The van der Waals surface area contributed by atoms with Crippen molar-refractivity contribution >= 4 is 16.9 Å². The molecule has 0 amide bonds. The molecule has 0 fully saturated rings. The molecule has 84 valence electrons. The Morgan fingerprint density at radius 2 is 2.06 bits per heavy atom. The van der Waals surface area contributed by atoms with Crippen molar-refractivity contribution in [3.63, 3.8) is 0 Å². The number of para-hydroxylation sites is 1. The number of benzene rings is 1. The van der Waals surface area contributed by atoms with E-state index < -0.39 is 11.4 Å². The highest BCUT2D eigenvalue weighted by Crippen LogP contribution is 2.31. The Morgan fingerprint density at radius 1 is 1.38 bits per heavy atom. The Balaban J connectivity index is 2.75. The van der Waals surface area contributed by atoms with E-state index >= 15 is 0 Å². The third-order valence-electron chi connectivity index (χ3n) is 3.13. The Morgan fingerprint density at radius 3 is 2.69 bits per heavy atom. The summed E-state index contributed by atoms with van der Waals surface area (Å²) < 4.78 is 0. The zero-order valence-corrected chi connectivity index (χ0v) is 9.66. The van der Waals surface area contributed by atoms with Gasteiger partial charge in [0.05, 0.1) is 10.9 Å².